The average Bonchev–Trinajstić information content (AvgIpc) is 2.88. The van der Waals surface area contributed by atoms with E-state index in [0.717, 1.165) is 37.4 Å². The maximum atomic E-state index is 5.79. The second-order valence-corrected chi connectivity index (χ2v) is 4.67. The summed E-state index contributed by atoms with van der Waals surface area (Å²) in [6.07, 6.45) is 10.2. The van der Waals surface area contributed by atoms with Crippen LogP contribution in [0.4, 0.5) is 0 Å². The van der Waals surface area contributed by atoms with Crippen LogP contribution in [-0.4, -0.2) is 38.3 Å². The molecule has 0 aromatic rings. The lowest BCUT2D eigenvalue weighted by Gasteiger charge is -2.18. The predicted molar refractivity (Wildman–Crippen MR) is 68.7 cm³/mol. The molecule has 2 aliphatic rings. The van der Waals surface area contributed by atoms with Gasteiger partial charge in [0.25, 0.3) is 0 Å². The van der Waals surface area contributed by atoms with Gasteiger partial charge in [-0.05, 0) is 57.3 Å². The first-order chi connectivity index (χ1) is 8.40. The Labute approximate surface area is 104 Å². The van der Waals surface area contributed by atoms with Crippen molar-refractivity contribution in [1.82, 2.24) is 4.90 Å². The SMILES string of the molecule is COC1=CCCC=C1OCCCN1CCCC1. The van der Waals surface area contributed by atoms with E-state index in [1.54, 1.807) is 7.11 Å². The number of rotatable bonds is 6. The van der Waals surface area contributed by atoms with Crippen LogP contribution in [0.1, 0.15) is 32.1 Å². The van der Waals surface area contributed by atoms with E-state index in [1.807, 2.05) is 0 Å². The molecule has 17 heavy (non-hydrogen) atoms. The first-order valence-corrected chi connectivity index (χ1v) is 6.70. The zero-order valence-electron chi connectivity index (χ0n) is 10.8. The van der Waals surface area contributed by atoms with Crippen LogP contribution in [0, 0.1) is 0 Å². The van der Waals surface area contributed by atoms with Crippen LogP contribution in [0.3, 0.4) is 0 Å². The van der Waals surface area contributed by atoms with Crippen LogP contribution in [0.15, 0.2) is 23.7 Å². The first kappa shape index (κ1) is 12.5. The standard InChI is InChI=1S/C14H23NO2/c1-16-13-7-2-3-8-14(13)17-12-6-11-15-9-4-5-10-15/h7-8H,2-6,9-12H2,1H3. The van der Waals surface area contributed by atoms with Crippen molar-refractivity contribution >= 4 is 0 Å². The molecule has 1 heterocycles. The fourth-order valence-corrected chi connectivity index (χ4v) is 2.42. The van der Waals surface area contributed by atoms with Crippen LogP contribution < -0.4 is 0 Å². The Bertz CT molecular complexity index is 291. The molecule has 0 aromatic heterocycles. The fraction of sp³-hybridized carbons (Fsp3) is 0.714. The molecular weight excluding hydrogens is 214 g/mol. The van der Waals surface area contributed by atoms with Crippen molar-refractivity contribution in [3.63, 3.8) is 0 Å². The van der Waals surface area contributed by atoms with Gasteiger partial charge in [0, 0.05) is 6.54 Å². The van der Waals surface area contributed by atoms with Crippen LogP contribution >= 0.6 is 0 Å². The van der Waals surface area contributed by atoms with E-state index in [2.05, 4.69) is 17.1 Å². The molecule has 1 aliphatic heterocycles. The van der Waals surface area contributed by atoms with Crippen LogP contribution in [0.2, 0.25) is 0 Å². The maximum Gasteiger partial charge on any atom is 0.156 e. The highest BCUT2D eigenvalue weighted by molar-refractivity contribution is 5.23. The van der Waals surface area contributed by atoms with Gasteiger partial charge in [0.05, 0.1) is 13.7 Å². The summed E-state index contributed by atoms with van der Waals surface area (Å²) in [7, 11) is 1.71. The highest BCUT2D eigenvalue weighted by atomic mass is 16.5. The molecule has 0 bridgehead atoms. The second kappa shape index (κ2) is 6.70. The third-order valence-electron chi connectivity index (χ3n) is 3.36. The Morgan fingerprint density at radius 1 is 1.12 bits per heavy atom. The van der Waals surface area contributed by atoms with Crippen molar-refractivity contribution in [3.8, 4) is 0 Å². The number of allylic oxidation sites excluding steroid dienone is 2. The summed E-state index contributed by atoms with van der Waals surface area (Å²) >= 11 is 0. The monoisotopic (exact) mass is 237 g/mol. The highest BCUT2D eigenvalue weighted by Gasteiger charge is 2.12. The maximum absolute atomic E-state index is 5.79. The van der Waals surface area contributed by atoms with Gasteiger partial charge in [-0.1, -0.05) is 0 Å². The van der Waals surface area contributed by atoms with Gasteiger partial charge in [-0.25, -0.2) is 0 Å². The molecular formula is C14H23NO2. The molecule has 0 N–H and O–H groups in total. The lowest BCUT2D eigenvalue weighted by atomic mass is 10.1. The number of hydrogen-bond donors (Lipinski definition) is 0. The highest BCUT2D eigenvalue weighted by Crippen LogP contribution is 2.20. The Hall–Kier alpha value is -0.960. The van der Waals surface area contributed by atoms with Crippen molar-refractivity contribution in [3.05, 3.63) is 23.7 Å². The minimum absolute atomic E-state index is 0.795. The van der Waals surface area contributed by atoms with Crippen molar-refractivity contribution in [2.45, 2.75) is 32.1 Å². The number of ether oxygens (including phenoxy) is 2. The number of methoxy groups -OCH3 is 1. The van der Waals surface area contributed by atoms with Gasteiger partial charge in [0.15, 0.2) is 11.5 Å². The van der Waals surface area contributed by atoms with Crippen molar-refractivity contribution in [2.75, 3.05) is 33.4 Å². The minimum atomic E-state index is 0.795. The van der Waals surface area contributed by atoms with Gasteiger partial charge in [0.2, 0.25) is 0 Å². The van der Waals surface area contributed by atoms with Crippen molar-refractivity contribution in [1.29, 1.82) is 0 Å². The topological polar surface area (TPSA) is 21.7 Å². The zero-order chi connectivity index (χ0) is 11.9. The molecule has 0 saturated carbocycles. The Morgan fingerprint density at radius 3 is 2.53 bits per heavy atom. The zero-order valence-corrected chi connectivity index (χ0v) is 10.8. The van der Waals surface area contributed by atoms with Crippen LogP contribution in [0.5, 0.6) is 0 Å². The molecule has 0 amide bonds. The van der Waals surface area contributed by atoms with E-state index in [4.69, 9.17) is 9.47 Å². The molecule has 1 saturated heterocycles. The number of likely N-dealkylation sites (tertiary alicyclic amines) is 1. The van der Waals surface area contributed by atoms with E-state index in [0.29, 0.717) is 0 Å². The molecule has 2 rings (SSSR count). The van der Waals surface area contributed by atoms with Gasteiger partial charge >= 0.3 is 0 Å². The van der Waals surface area contributed by atoms with Gasteiger partial charge in [-0.3, -0.25) is 0 Å². The van der Waals surface area contributed by atoms with E-state index in [9.17, 15) is 0 Å². The summed E-state index contributed by atoms with van der Waals surface area (Å²) in [5.74, 6) is 1.83. The summed E-state index contributed by atoms with van der Waals surface area (Å²) in [5.41, 5.74) is 0. The number of nitrogens with zero attached hydrogens (tertiary/aromatic N) is 1. The average molecular weight is 237 g/mol. The second-order valence-electron chi connectivity index (χ2n) is 4.67. The molecule has 3 nitrogen and oxygen atoms in total. The first-order valence-electron chi connectivity index (χ1n) is 6.70. The summed E-state index contributed by atoms with van der Waals surface area (Å²) in [5, 5.41) is 0. The summed E-state index contributed by atoms with van der Waals surface area (Å²) in [4.78, 5) is 2.52. The Kier molecular flexibility index (Phi) is 4.92. The van der Waals surface area contributed by atoms with E-state index >= 15 is 0 Å². The van der Waals surface area contributed by atoms with Crippen LogP contribution in [0.25, 0.3) is 0 Å². The molecule has 0 radical (unpaired) electrons. The molecule has 3 heteroatoms. The van der Waals surface area contributed by atoms with Crippen molar-refractivity contribution in [2.24, 2.45) is 0 Å². The Balaban J connectivity index is 1.64. The van der Waals surface area contributed by atoms with Gasteiger partial charge < -0.3 is 14.4 Å². The van der Waals surface area contributed by atoms with Gasteiger partial charge in [-0.2, -0.15) is 0 Å². The summed E-state index contributed by atoms with van der Waals surface area (Å²) < 4.78 is 11.1. The van der Waals surface area contributed by atoms with Gasteiger partial charge in [-0.15, -0.1) is 0 Å². The minimum Gasteiger partial charge on any atom is -0.493 e. The van der Waals surface area contributed by atoms with E-state index < -0.39 is 0 Å². The molecule has 1 fully saturated rings. The molecule has 96 valence electrons. The fourth-order valence-electron chi connectivity index (χ4n) is 2.42. The summed E-state index contributed by atoms with van der Waals surface area (Å²) in [6, 6.07) is 0. The quantitative estimate of drug-likeness (QED) is 0.663. The lowest BCUT2D eigenvalue weighted by Crippen LogP contribution is -2.21. The molecule has 0 atom stereocenters. The third-order valence-corrected chi connectivity index (χ3v) is 3.36. The molecule has 0 unspecified atom stereocenters. The number of hydrogen-bond acceptors (Lipinski definition) is 3. The summed E-state index contributed by atoms with van der Waals surface area (Å²) in [6.45, 7) is 4.50. The molecule has 0 aromatic carbocycles. The third kappa shape index (κ3) is 3.77. The van der Waals surface area contributed by atoms with E-state index in [1.165, 1.54) is 32.5 Å². The Morgan fingerprint density at radius 2 is 1.82 bits per heavy atom. The van der Waals surface area contributed by atoms with Crippen molar-refractivity contribution < 1.29 is 9.47 Å². The smallest absolute Gasteiger partial charge is 0.156 e. The largest absolute Gasteiger partial charge is 0.493 e. The van der Waals surface area contributed by atoms with Gasteiger partial charge in [0.1, 0.15) is 0 Å². The molecule has 1 aliphatic carbocycles. The predicted octanol–water partition coefficient (Wildman–Crippen LogP) is 2.70. The van der Waals surface area contributed by atoms with Crippen LogP contribution in [-0.2, 0) is 9.47 Å². The van der Waals surface area contributed by atoms with E-state index in [-0.39, 0.29) is 0 Å². The lowest BCUT2D eigenvalue weighted by molar-refractivity contribution is 0.161. The molecule has 0 spiro atoms. The normalized spacial score (nSPS) is 21.0.